The van der Waals surface area contributed by atoms with Crippen LogP contribution in [-0.2, 0) is 9.53 Å². The Hall–Kier alpha value is -1.46. The Balaban J connectivity index is 1.65. The van der Waals surface area contributed by atoms with Gasteiger partial charge in [0.25, 0.3) is 0 Å². The zero-order valence-corrected chi connectivity index (χ0v) is 16.4. The molecule has 26 heavy (non-hydrogen) atoms. The number of benzene rings is 2. The molecule has 3 nitrogen and oxygen atoms in total. The van der Waals surface area contributed by atoms with Gasteiger partial charge in [-0.3, -0.25) is 4.79 Å². The molecular weight excluding hydrogens is 389 g/mol. The van der Waals surface area contributed by atoms with Crippen molar-refractivity contribution in [2.45, 2.75) is 28.7 Å². The fourth-order valence-corrected chi connectivity index (χ4v) is 4.09. The zero-order chi connectivity index (χ0) is 18.4. The van der Waals surface area contributed by atoms with Crippen LogP contribution in [0.5, 0.6) is 0 Å². The van der Waals surface area contributed by atoms with Gasteiger partial charge in [0.05, 0.1) is 11.1 Å². The molecule has 1 heterocycles. The maximum Gasteiger partial charge on any atom is 0.244 e. The summed E-state index contributed by atoms with van der Waals surface area (Å²) in [4.78, 5) is 14.0. The number of carbonyl (C=O) groups is 1. The number of nitrogens with one attached hydrogen (secondary N) is 1. The van der Waals surface area contributed by atoms with Gasteiger partial charge in [-0.15, -0.1) is 0 Å². The molecule has 2 aromatic rings. The van der Waals surface area contributed by atoms with E-state index in [1.807, 2.05) is 42.5 Å². The Morgan fingerprint density at radius 1 is 1.23 bits per heavy atom. The fraction of sp³-hybridized carbons (Fsp3) is 0.250. The third-order valence-corrected chi connectivity index (χ3v) is 5.80. The molecule has 0 aromatic heterocycles. The summed E-state index contributed by atoms with van der Waals surface area (Å²) >= 11 is 13.8. The average Bonchev–Trinajstić information content (AvgIpc) is 3.15. The molecule has 0 spiro atoms. The van der Waals surface area contributed by atoms with E-state index in [1.165, 1.54) is 0 Å². The first-order chi connectivity index (χ1) is 12.6. The Bertz CT molecular complexity index is 804. The van der Waals surface area contributed by atoms with E-state index in [1.54, 1.807) is 23.9 Å². The number of hydrogen-bond acceptors (Lipinski definition) is 3. The van der Waals surface area contributed by atoms with Crippen molar-refractivity contribution in [3.63, 3.8) is 0 Å². The minimum atomic E-state index is -0.121. The van der Waals surface area contributed by atoms with Crippen LogP contribution in [0.1, 0.15) is 18.4 Å². The number of hydrogen-bond donors (Lipinski definition) is 1. The van der Waals surface area contributed by atoms with E-state index in [9.17, 15) is 4.79 Å². The predicted octanol–water partition coefficient (Wildman–Crippen LogP) is 5.45. The molecule has 0 aliphatic carbocycles. The summed E-state index contributed by atoms with van der Waals surface area (Å²) in [6, 6.07) is 13.3. The number of ether oxygens (including phenoxy) is 1. The quantitative estimate of drug-likeness (QED) is 0.646. The molecule has 1 aliphatic heterocycles. The highest BCUT2D eigenvalue weighted by molar-refractivity contribution is 7.99. The van der Waals surface area contributed by atoms with Crippen LogP contribution in [0, 0.1) is 0 Å². The molecule has 1 fully saturated rings. The number of halogens is 2. The molecule has 0 radical (unpaired) electrons. The van der Waals surface area contributed by atoms with Crippen molar-refractivity contribution in [1.82, 2.24) is 5.32 Å². The topological polar surface area (TPSA) is 38.3 Å². The lowest BCUT2D eigenvalue weighted by Crippen LogP contribution is -2.30. The predicted molar refractivity (Wildman–Crippen MR) is 108 cm³/mol. The lowest BCUT2D eigenvalue weighted by molar-refractivity contribution is -0.116. The van der Waals surface area contributed by atoms with Crippen molar-refractivity contribution in [2.24, 2.45) is 0 Å². The van der Waals surface area contributed by atoms with Crippen LogP contribution in [0.2, 0.25) is 10.0 Å². The monoisotopic (exact) mass is 407 g/mol. The third kappa shape index (κ3) is 5.52. The van der Waals surface area contributed by atoms with Crippen molar-refractivity contribution in [1.29, 1.82) is 0 Å². The molecule has 136 valence electrons. The van der Waals surface area contributed by atoms with Crippen LogP contribution in [0.4, 0.5) is 0 Å². The van der Waals surface area contributed by atoms with Gasteiger partial charge in [-0.05, 0) is 48.7 Å². The Kier molecular flexibility index (Phi) is 7.03. The van der Waals surface area contributed by atoms with E-state index in [0.717, 1.165) is 34.8 Å². The van der Waals surface area contributed by atoms with Gasteiger partial charge in [0, 0.05) is 34.0 Å². The lowest BCUT2D eigenvalue weighted by Gasteiger charge is -2.09. The molecule has 6 heteroatoms. The highest BCUT2D eigenvalue weighted by Gasteiger charge is 2.15. The van der Waals surface area contributed by atoms with E-state index in [0.29, 0.717) is 16.6 Å². The number of amides is 1. The first-order valence-corrected chi connectivity index (χ1v) is 9.98. The van der Waals surface area contributed by atoms with Crippen LogP contribution in [0.3, 0.4) is 0 Å². The van der Waals surface area contributed by atoms with E-state index in [-0.39, 0.29) is 12.0 Å². The molecule has 0 saturated carbocycles. The lowest BCUT2D eigenvalue weighted by atomic mass is 10.2. The average molecular weight is 408 g/mol. The molecular formula is C20H19Cl2NO2S. The Labute approximate surface area is 167 Å². The molecule has 1 amide bonds. The van der Waals surface area contributed by atoms with Gasteiger partial charge in [0.1, 0.15) is 0 Å². The van der Waals surface area contributed by atoms with E-state index >= 15 is 0 Å². The summed E-state index contributed by atoms with van der Waals surface area (Å²) < 4.78 is 5.51. The van der Waals surface area contributed by atoms with Gasteiger partial charge < -0.3 is 10.1 Å². The van der Waals surface area contributed by atoms with Gasteiger partial charge in [-0.1, -0.05) is 53.2 Å². The zero-order valence-electron chi connectivity index (χ0n) is 14.1. The SMILES string of the molecule is O=C(/C=C/c1ccccc1Sc1ccc(Cl)cc1Cl)NCC1CCCO1. The van der Waals surface area contributed by atoms with Crippen molar-refractivity contribution in [3.8, 4) is 0 Å². The van der Waals surface area contributed by atoms with Crippen molar-refractivity contribution >= 4 is 46.9 Å². The van der Waals surface area contributed by atoms with Gasteiger partial charge in [0.15, 0.2) is 0 Å². The molecule has 3 rings (SSSR count). The minimum Gasteiger partial charge on any atom is -0.376 e. The van der Waals surface area contributed by atoms with Crippen LogP contribution in [-0.4, -0.2) is 25.2 Å². The maximum atomic E-state index is 12.0. The Morgan fingerprint density at radius 3 is 2.85 bits per heavy atom. The maximum absolute atomic E-state index is 12.0. The van der Waals surface area contributed by atoms with Gasteiger partial charge >= 0.3 is 0 Å². The third-order valence-electron chi connectivity index (χ3n) is 3.98. The first kappa shape index (κ1) is 19.3. The van der Waals surface area contributed by atoms with Crippen LogP contribution >= 0.6 is 35.0 Å². The number of carbonyl (C=O) groups excluding carboxylic acids is 1. The van der Waals surface area contributed by atoms with Crippen LogP contribution in [0.25, 0.3) is 6.08 Å². The molecule has 1 saturated heterocycles. The summed E-state index contributed by atoms with van der Waals surface area (Å²) in [5.74, 6) is -0.121. The van der Waals surface area contributed by atoms with E-state index < -0.39 is 0 Å². The van der Waals surface area contributed by atoms with Crippen LogP contribution < -0.4 is 5.32 Å². The molecule has 0 bridgehead atoms. The smallest absolute Gasteiger partial charge is 0.244 e. The Morgan fingerprint density at radius 2 is 2.08 bits per heavy atom. The summed E-state index contributed by atoms with van der Waals surface area (Å²) in [7, 11) is 0. The fourth-order valence-electron chi connectivity index (χ4n) is 2.63. The summed E-state index contributed by atoms with van der Waals surface area (Å²) in [6.07, 6.45) is 5.58. The second kappa shape index (κ2) is 9.47. The summed E-state index contributed by atoms with van der Waals surface area (Å²) in [5.41, 5.74) is 0.954. The highest BCUT2D eigenvalue weighted by Crippen LogP contribution is 2.36. The minimum absolute atomic E-state index is 0.121. The standard InChI is InChI=1S/C20H19Cl2NO2S/c21-15-8-9-19(17(22)12-15)26-18-6-2-1-4-14(18)7-10-20(24)23-13-16-5-3-11-25-16/h1-2,4,6-10,12,16H,3,5,11,13H2,(H,23,24)/b10-7+. The van der Waals surface area contributed by atoms with Crippen molar-refractivity contribution < 1.29 is 9.53 Å². The van der Waals surface area contributed by atoms with Crippen molar-refractivity contribution in [2.75, 3.05) is 13.2 Å². The molecule has 1 N–H and O–H groups in total. The second-order valence-electron chi connectivity index (χ2n) is 5.93. The van der Waals surface area contributed by atoms with Gasteiger partial charge in [-0.25, -0.2) is 0 Å². The van der Waals surface area contributed by atoms with Gasteiger partial charge in [-0.2, -0.15) is 0 Å². The van der Waals surface area contributed by atoms with Gasteiger partial charge in [0.2, 0.25) is 5.91 Å². The molecule has 2 aromatic carbocycles. The van der Waals surface area contributed by atoms with Crippen LogP contribution in [0.15, 0.2) is 58.3 Å². The normalized spacial score (nSPS) is 16.9. The molecule has 1 unspecified atom stereocenters. The second-order valence-corrected chi connectivity index (χ2v) is 7.86. The van der Waals surface area contributed by atoms with E-state index in [4.69, 9.17) is 27.9 Å². The van der Waals surface area contributed by atoms with Crippen molar-refractivity contribution in [3.05, 3.63) is 64.1 Å². The summed E-state index contributed by atoms with van der Waals surface area (Å²) in [6.45, 7) is 1.34. The number of rotatable bonds is 6. The summed E-state index contributed by atoms with van der Waals surface area (Å²) in [5, 5.41) is 4.10. The molecule has 1 atom stereocenters. The highest BCUT2D eigenvalue weighted by atomic mass is 35.5. The van der Waals surface area contributed by atoms with E-state index in [2.05, 4.69) is 5.32 Å². The molecule has 1 aliphatic rings. The largest absolute Gasteiger partial charge is 0.376 e. The first-order valence-electron chi connectivity index (χ1n) is 8.41.